The number of halogens is 2. The minimum atomic E-state index is -1.32. The molecule has 16 heavy (non-hydrogen) atoms. The largest absolute Gasteiger partial charge is 0.481 e. The van der Waals surface area contributed by atoms with Crippen LogP contribution in [0.15, 0.2) is 12.1 Å². The standard InChI is InChI=1S/C12H12F2O2/c1-2-7-3-4-8(13)9(10(7)14)12(5-6-12)11(15)16/h3-4H,2,5-6H2,1H3,(H,15,16). The summed E-state index contributed by atoms with van der Waals surface area (Å²) < 4.78 is 27.5. The van der Waals surface area contributed by atoms with Crippen LogP contribution in [0.2, 0.25) is 0 Å². The average molecular weight is 226 g/mol. The lowest BCUT2D eigenvalue weighted by Gasteiger charge is -2.14. The Kier molecular flexibility index (Phi) is 2.45. The van der Waals surface area contributed by atoms with E-state index in [0.717, 1.165) is 6.07 Å². The molecule has 0 atom stereocenters. The van der Waals surface area contributed by atoms with Gasteiger partial charge < -0.3 is 5.11 Å². The summed E-state index contributed by atoms with van der Waals surface area (Å²) in [4.78, 5) is 11.1. The summed E-state index contributed by atoms with van der Waals surface area (Å²) in [5.41, 5.74) is -1.22. The molecule has 1 N–H and O–H groups in total. The Morgan fingerprint density at radius 3 is 2.50 bits per heavy atom. The first-order chi connectivity index (χ1) is 7.53. The quantitative estimate of drug-likeness (QED) is 0.860. The van der Waals surface area contributed by atoms with Crippen LogP contribution in [0.5, 0.6) is 0 Å². The van der Waals surface area contributed by atoms with Gasteiger partial charge in [-0.05, 0) is 30.9 Å². The lowest BCUT2D eigenvalue weighted by atomic mass is 9.92. The van der Waals surface area contributed by atoms with Crippen molar-refractivity contribution in [3.8, 4) is 0 Å². The smallest absolute Gasteiger partial charge is 0.314 e. The zero-order chi connectivity index (χ0) is 11.9. The van der Waals surface area contributed by atoms with E-state index in [4.69, 9.17) is 5.11 Å². The fourth-order valence-electron chi connectivity index (χ4n) is 2.00. The van der Waals surface area contributed by atoms with Gasteiger partial charge in [-0.3, -0.25) is 4.79 Å². The number of hydrogen-bond acceptors (Lipinski definition) is 1. The van der Waals surface area contributed by atoms with E-state index in [1.165, 1.54) is 6.07 Å². The number of aryl methyl sites for hydroxylation is 1. The molecule has 0 radical (unpaired) electrons. The van der Waals surface area contributed by atoms with Crippen molar-refractivity contribution in [1.82, 2.24) is 0 Å². The number of aliphatic carboxylic acids is 1. The molecule has 1 aromatic rings. The third-order valence-electron chi connectivity index (χ3n) is 3.19. The molecule has 1 saturated carbocycles. The summed E-state index contributed by atoms with van der Waals surface area (Å²) in [5.74, 6) is -2.59. The predicted molar refractivity (Wildman–Crippen MR) is 54.3 cm³/mol. The Balaban J connectivity index is 2.60. The van der Waals surface area contributed by atoms with Gasteiger partial charge in [0.15, 0.2) is 0 Å². The monoisotopic (exact) mass is 226 g/mol. The lowest BCUT2D eigenvalue weighted by Crippen LogP contribution is -2.23. The van der Waals surface area contributed by atoms with E-state index >= 15 is 0 Å². The molecule has 2 nitrogen and oxygen atoms in total. The van der Waals surface area contributed by atoms with E-state index < -0.39 is 23.0 Å². The van der Waals surface area contributed by atoms with Crippen molar-refractivity contribution in [1.29, 1.82) is 0 Å². The van der Waals surface area contributed by atoms with E-state index in [9.17, 15) is 13.6 Å². The third kappa shape index (κ3) is 1.40. The van der Waals surface area contributed by atoms with E-state index in [1.54, 1.807) is 6.92 Å². The molecule has 0 amide bonds. The minimum absolute atomic E-state index is 0.264. The van der Waals surface area contributed by atoms with Crippen LogP contribution in [-0.2, 0) is 16.6 Å². The highest BCUT2D eigenvalue weighted by Crippen LogP contribution is 2.50. The second-order valence-corrected chi connectivity index (χ2v) is 4.14. The summed E-state index contributed by atoms with van der Waals surface area (Å²) in [7, 11) is 0. The van der Waals surface area contributed by atoms with Gasteiger partial charge in [-0.2, -0.15) is 0 Å². The van der Waals surface area contributed by atoms with Crippen LogP contribution < -0.4 is 0 Å². The number of benzene rings is 1. The molecule has 1 fully saturated rings. The maximum Gasteiger partial charge on any atom is 0.314 e. The number of carboxylic acids is 1. The third-order valence-corrected chi connectivity index (χ3v) is 3.19. The van der Waals surface area contributed by atoms with Crippen LogP contribution in [0.1, 0.15) is 30.9 Å². The molecule has 0 spiro atoms. The fourth-order valence-corrected chi connectivity index (χ4v) is 2.00. The zero-order valence-electron chi connectivity index (χ0n) is 8.89. The second-order valence-electron chi connectivity index (χ2n) is 4.14. The Bertz CT molecular complexity index is 451. The van der Waals surface area contributed by atoms with E-state index in [1.807, 2.05) is 0 Å². The topological polar surface area (TPSA) is 37.3 Å². The first kappa shape index (κ1) is 11.0. The summed E-state index contributed by atoms with van der Waals surface area (Å²) in [6, 6.07) is 2.52. The van der Waals surface area contributed by atoms with Gasteiger partial charge in [0.25, 0.3) is 0 Å². The molecule has 1 aliphatic carbocycles. The van der Waals surface area contributed by atoms with Crippen LogP contribution in [-0.4, -0.2) is 11.1 Å². The van der Waals surface area contributed by atoms with E-state index in [-0.39, 0.29) is 5.56 Å². The average Bonchev–Trinajstić information content (AvgIpc) is 2.99. The number of carbonyl (C=O) groups is 1. The van der Waals surface area contributed by atoms with Crippen LogP contribution in [0, 0.1) is 11.6 Å². The molecule has 0 saturated heterocycles. The Hall–Kier alpha value is -1.45. The minimum Gasteiger partial charge on any atom is -0.481 e. The van der Waals surface area contributed by atoms with Gasteiger partial charge in [-0.25, -0.2) is 8.78 Å². The molecule has 0 aliphatic heterocycles. The first-order valence-corrected chi connectivity index (χ1v) is 5.23. The van der Waals surface area contributed by atoms with Gasteiger partial charge in [-0.15, -0.1) is 0 Å². The highest BCUT2D eigenvalue weighted by Gasteiger charge is 2.55. The first-order valence-electron chi connectivity index (χ1n) is 5.23. The molecule has 1 aliphatic rings. The van der Waals surface area contributed by atoms with Gasteiger partial charge in [0.05, 0.1) is 5.41 Å². The molecular formula is C12H12F2O2. The summed E-state index contributed by atoms with van der Waals surface area (Å²) in [6.07, 6.45) is 1.04. The van der Waals surface area contributed by atoms with Gasteiger partial charge in [0, 0.05) is 5.56 Å². The molecule has 0 unspecified atom stereocenters. The zero-order valence-corrected chi connectivity index (χ0v) is 8.89. The number of rotatable bonds is 3. The second kappa shape index (κ2) is 3.54. The Labute approximate surface area is 91.9 Å². The van der Waals surface area contributed by atoms with Crippen molar-refractivity contribution < 1.29 is 18.7 Å². The van der Waals surface area contributed by atoms with Crippen molar-refractivity contribution in [3.63, 3.8) is 0 Å². The maximum atomic E-state index is 13.9. The summed E-state index contributed by atoms with van der Waals surface area (Å²) in [5, 5.41) is 9.04. The van der Waals surface area contributed by atoms with Crippen molar-refractivity contribution in [2.24, 2.45) is 0 Å². The Morgan fingerprint density at radius 1 is 1.44 bits per heavy atom. The van der Waals surface area contributed by atoms with Crippen LogP contribution in [0.3, 0.4) is 0 Å². The maximum absolute atomic E-state index is 13.9. The van der Waals surface area contributed by atoms with Crippen molar-refractivity contribution in [2.75, 3.05) is 0 Å². The van der Waals surface area contributed by atoms with Crippen molar-refractivity contribution in [3.05, 3.63) is 34.9 Å². The molecule has 86 valence electrons. The molecule has 0 bridgehead atoms. The predicted octanol–water partition coefficient (Wildman–Crippen LogP) is 2.64. The molecular weight excluding hydrogens is 214 g/mol. The Morgan fingerprint density at radius 2 is 2.06 bits per heavy atom. The van der Waals surface area contributed by atoms with Crippen molar-refractivity contribution >= 4 is 5.97 Å². The number of carboxylic acid groups (broad SMARTS) is 1. The fraction of sp³-hybridized carbons (Fsp3) is 0.417. The van der Waals surface area contributed by atoms with Gasteiger partial charge in [0.2, 0.25) is 0 Å². The molecule has 1 aromatic carbocycles. The SMILES string of the molecule is CCc1ccc(F)c(C2(C(=O)O)CC2)c1F. The number of hydrogen-bond donors (Lipinski definition) is 1. The van der Waals surface area contributed by atoms with Crippen LogP contribution in [0.25, 0.3) is 0 Å². The van der Waals surface area contributed by atoms with E-state index in [2.05, 4.69) is 0 Å². The van der Waals surface area contributed by atoms with Crippen molar-refractivity contribution in [2.45, 2.75) is 31.6 Å². The molecule has 0 aromatic heterocycles. The van der Waals surface area contributed by atoms with Crippen LogP contribution >= 0.6 is 0 Å². The highest BCUT2D eigenvalue weighted by atomic mass is 19.1. The molecule has 0 heterocycles. The molecule has 2 rings (SSSR count). The summed E-state index contributed by atoms with van der Waals surface area (Å²) in [6.45, 7) is 1.75. The van der Waals surface area contributed by atoms with Gasteiger partial charge >= 0.3 is 5.97 Å². The summed E-state index contributed by atoms with van der Waals surface area (Å²) >= 11 is 0. The normalized spacial score (nSPS) is 17.2. The van der Waals surface area contributed by atoms with Crippen LogP contribution in [0.4, 0.5) is 8.78 Å². The van der Waals surface area contributed by atoms with E-state index in [0.29, 0.717) is 24.8 Å². The molecule has 4 heteroatoms. The van der Waals surface area contributed by atoms with Gasteiger partial charge in [0.1, 0.15) is 11.6 Å². The van der Waals surface area contributed by atoms with Gasteiger partial charge in [-0.1, -0.05) is 13.0 Å². The highest BCUT2D eigenvalue weighted by molar-refractivity contribution is 5.85. The lowest BCUT2D eigenvalue weighted by molar-refractivity contribution is -0.140.